The molecule has 2 aromatic rings. The summed E-state index contributed by atoms with van der Waals surface area (Å²) in [6.07, 6.45) is -6.34. The molecule has 12 heteroatoms. The molecule has 3 aliphatic rings. The number of carbonyl (C=O) groups is 2. The minimum atomic E-state index is -4.98. The fourth-order valence-corrected chi connectivity index (χ4v) is 5.96. The lowest BCUT2D eigenvalue weighted by molar-refractivity contribution is -0.143. The normalized spacial score (nSPS) is 19.8. The van der Waals surface area contributed by atoms with Crippen LogP contribution >= 0.6 is 0 Å². The number of anilines is 1. The molecule has 5 rings (SSSR count). The third-order valence-electron chi connectivity index (χ3n) is 8.45. The first kappa shape index (κ1) is 29.2. The number of ether oxygens (including phenoxy) is 1. The van der Waals surface area contributed by atoms with Gasteiger partial charge >= 0.3 is 12.4 Å². The smallest absolute Gasteiger partial charge is 0.416 e. The molecule has 222 valence electrons. The van der Waals surface area contributed by atoms with Crippen LogP contribution in [0, 0.1) is 11.3 Å². The van der Waals surface area contributed by atoms with E-state index in [1.807, 2.05) is 12.1 Å². The Labute approximate surface area is 233 Å². The molecule has 6 nitrogen and oxygen atoms in total. The molecule has 2 fully saturated rings. The first-order valence-electron chi connectivity index (χ1n) is 13.6. The van der Waals surface area contributed by atoms with E-state index in [2.05, 4.69) is 10.6 Å². The fraction of sp³-hybridized carbons (Fsp3) is 0.517. The summed E-state index contributed by atoms with van der Waals surface area (Å²) in [5, 5.41) is 5.95. The number of likely N-dealkylation sites (N-methyl/N-ethyl adjacent to an activating group) is 1. The number of amides is 2. The quantitative estimate of drug-likeness (QED) is 0.414. The van der Waals surface area contributed by atoms with Crippen molar-refractivity contribution in [3.8, 4) is 5.75 Å². The van der Waals surface area contributed by atoms with Gasteiger partial charge in [0.15, 0.2) is 6.61 Å². The van der Waals surface area contributed by atoms with E-state index >= 15 is 0 Å². The highest BCUT2D eigenvalue weighted by Gasteiger charge is 2.48. The van der Waals surface area contributed by atoms with Crippen LogP contribution in [0.1, 0.15) is 60.3 Å². The molecule has 0 radical (unpaired) electrons. The van der Waals surface area contributed by atoms with Crippen molar-refractivity contribution in [2.24, 2.45) is 11.3 Å². The van der Waals surface area contributed by atoms with Crippen LogP contribution in [-0.2, 0) is 28.5 Å². The largest absolute Gasteiger partial charge is 0.482 e. The molecule has 1 saturated heterocycles. The standard InChI is InChI=1S/C29H31F6N3O3/c1-38-23-13-19(4-5-24(23)41-16-25(38)39)22(12-17-2-3-17)27(6-8-36-9-7-27)26(40)37-15-18-10-20(28(30,31)32)14-21(11-18)29(33,34)35/h4-5,10-11,13-14,17,22,36H,2-3,6-9,12,15-16H2,1H3,(H,37,40). The molecule has 1 saturated carbocycles. The second-order valence-electron chi connectivity index (χ2n) is 11.2. The zero-order chi connectivity index (χ0) is 29.6. The number of carbonyl (C=O) groups excluding carboxylic acids is 2. The highest BCUT2D eigenvalue weighted by Crippen LogP contribution is 2.52. The summed E-state index contributed by atoms with van der Waals surface area (Å²) in [4.78, 5) is 27.8. The van der Waals surface area contributed by atoms with Gasteiger partial charge in [-0.1, -0.05) is 18.9 Å². The molecule has 0 spiro atoms. The summed E-state index contributed by atoms with van der Waals surface area (Å²) >= 11 is 0. The molecule has 2 amide bonds. The van der Waals surface area contributed by atoms with Crippen molar-refractivity contribution in [1.82, 2.24) is 10.6 Å². The number of rotatable bonds is 7. The van der Waals surface area contributed by atoms with Crippen molar-refractivity contribution in [3.63, 3.8) is 0 Å². The van der Waals surface area contributed by atoms with Crippen LogP contribution in [-0.4, -0.2) is 38.6 Å². The van der Waals surface area contributed by atoms with Crippen LogP contribution < -0.4 is 20.3 Å². The Hall–Kier alpha value is -3.28. The number of halogens is 6. The van der Waals surface area contributed by atoms with Crippen LogP contribution in [0.25, 0.3) is 0 Å². The van der Waals surface area contributed by atoms with Crippen LogP contribution in [0.4, 0.5) is 32.0 Å². The minimum Gasteiger partial charge on any atom is -0.482 e. The van der Waals surface area contributed by atoms with E-state index < -0.39 is 41.3 Å². The number of nitrogens with zero attached hydrogens (tertiary/aromatic N) is 1. The van der Waals surface area contributed by atoms with Gasteiger partial charge in [-0.15, -0.1) is 0 Å². The van der Waals surface area contributed by atoms with Gasteiger partial charge in [-0.05, 0) is 85.6 Å². The van der Waals surface area contributed by atoms with Gasteiger partial charge in [0.05, 0.1) is 22.2 Å². The van der Waals surface area contributed by atoms with E-state index in [1.165, 1.54) is 4.90 Å². The second-order valence-corrected chi connectivity index (χ2v) is 11.2. The molecule has 0 bridgehead atoms. The minimum absolute atomic E-state index is 0.0715. The predicted octanol–water partition coefficient (Wildman–Crippen LogP) is 5.65. The van der Waals surface area contributed by atoms with Crippen LogP contribution in [0.3, 0.4) is 0 Å². The molecular weight excluding hydrogens is 552 g/mol. The molecule has 1 atom stereocenters. The van der Waals surface area contributed by atoms with Gasteiger partial charge in [-0.25, -0.2) is 0 Å². The Morgan fingerprint density at radius 3 is 2.27 bits per heavy atom. The van der Waals surface area contributed by atoms with E-state index in [4.69, 9.17) is 4.74 Å². The van der Waals surface area contributed by atoms with E-state index in [0.29, 0.717) is 61.8 Å². The third kappa shape index (κ3) is 6.17. The van der Waals surface area contributed by atoms with E-state index in [9.17, 15) is 35.9 Å². The van der Waals surface area contributed by atoms with E-state index in [-0.39, 0.29) is 30.1 Å². The summed E-state index contributed by atoms with van der Waals surface area (Å²) in [6, 6.07) is 6.88. The summed E-state index contributed by atoms with van der Waals surface area (Å²) in [6.45, 7) is 0.510. The van der Waals surface area contributed by atoms with Crippen molar-refractivity contribution in [1.29, 1.82) is 0 Å². The molecule has 2 heterocycles. The molecule has 2 aliphatic heterocycles. The van der Waals surface area contributed by atoms with Crippen molar-refractivity contribution >= 4 is 17.5 Å². The number of benzene rings is 2. The van der Waals surface area contributed by atoms with Crippen molar-refractivity contribution in [2.45, 2.75) is 56.9 Å². The number of hydrogen-bond acceptors (Lipinski definition) is 4. The Bertz CT molecular complexity index is 1280. The average Bonchev–Trinajstić information content (AvgIpc) is 3.76. The summed E-state index contributed by atoms with van der Waals surface area (Å²) in [7, 11) is 1.65. The van der Waals surface area contributed by atoms with Gasteiger partial charge in [0, 0.05) is 13.6 Å². The molecule has 0 aromatic heterocycles. The molecular formula is C29H31F6N3O3. The molecule has 2 aromatic carbocycles. The first-order valence-corrected chi connectivity index (χ1v) is 13.6. The van der Waals surface area contributed by atoms with Gasteiger partial charge < -0.3 is 20.3 Å². The van der Waals surface area contributed by atoms with Gasteiger partial charge in [0.1, 0.15) is 5.75 Å². The zero-order valence-electron chi connectivity index (χ0n) is 22.4. The SMILES string of the molecule is CN1C(=O)COc2ccc(C(CC3CC3)C3(C(=O)NCc4cc(C(F)(F)F)cc(C(F)(F)F)c4)CCNCC3)cc21. The van der Waals surface area contributed by atoms with Crippen molar-refractivity contribution in [3.05, 3.63) is 58.7 Å². The maximum atomic E-state index is 14.0. The maximum absolute atomic E-state index is 14.0. The Morgan fingerprint density at radius 1 is 1.05 bits per heavy atom. The van der Waals surface area contributed by atoms with E-state index in [1.54, 1.807) is 13.1 Å². The van der Waals surface area contributed by atoms with Crippen LogP contribution in [0.15, 0.2) is 36.4 Å². The topological polar surface area (TPSA) is 70.7 Å². The summed E-state index contributed by atoms with van der Waals surface area (Å²) < 4.78 is 85.9. The zero-order valence-corrected chi connectivity index (χ0v) is 22.4. The highest BCUT2D eigenvalue weighted by atomic mass is 19.4. The fourth-order valence-electron chi connectivity index (χ4n) is 5.96. The average molecular weight is 584 g/mol. The Balaban J connectivity index is 1.47. The number of alkyl halides is 6. The molecule has 1 aliphatic carbocycles. The van der Waals surface area contributed by atoms with Crippen molar-refractivity contribution in [2.75, 3.05) is 31.6 Å². The monoisotopic (exact) mass is 583 g/mol. The number of fused-ring (bicyclic) bond motifs is 1. The van der Waals surface area contributed by atoms with Crippen LogP contribution in [0.2, 0.25) is 0 Å². The summed E-state index contributed by atoms with van der Waals surface area (Å²) in [5.74, 6) is 0.0648. The lowest BCUT2D eigenvalue weighted by atomic mass is 9.64. The van der Waals surface area contributed by atoms with Gasteiger partial charge in [-0.3, -0.25) is 9.59 Å². The third-order valence-corrected chi connectivity index (χ3v) is 8.45. The Kier molecular flexibility index (Phi) is 7.73. The van der Waals surface area contributed by atoms with Gasteiger partial charge in [-0.2, -0.15) is 26.3 Å². The molecule has 2 N–H and O–H groups in total. The highest BCUT2D eigenvalue weighted by molar-refractivity contribution is 5.97. The molecule has 41 heavy (non-hydrogen) atoms. The van der Waals surface area contributed by atoms with E-state index in [0.717, 1.165) is 18.4 Å². The second kappa shape index (κ2) is 10.8. The maximum Gasteiger partial charge on any atom is 0.416 e. The van der Waals surface area contributed by atoms with Crippen LogP contribution in [0.5, 0.6) is 5.75 Å². The Morgan fingerprint density at radius 2 is 1.68 bits per heavy atom. The number of hydrogen-bond donors (Lipinski definition) is 2. The lowest BCUT2D eigenvalue weighted by Gasteiger charge is -2.43. The summed E-state index contributed by atoms with van der Waals surface area (Å²) in [5.41, 5.74) is -2.64. The number of piperidine rings is 1. The van der Waals surface area contributed by atoms with Crippen molar-refractivity contribution < 1.29 is 40.7 Å². The predicted molar refractivity (Wildman–Crippen MR) is 138 cm³/mol. The number of nitrogens with one attached hydrogen (secondary N) is 2. The lowest BCUT2D eigenvalue weighted by Crippen LogP contribution is -2.51. The van der Waals surface area contributed by atoms with Gasteiger partial charge in [0.25, 0.3) is 5.91 Å². The van der Waals surface area contributed by atoms with Gasteiger partial charge in [0.2, 0.25) is 5.91 Å². The first-order chi connectivity index (χ1) is 19.3. The molecule has 1 unspecified atom stereocenters.